The van der Waals surface area contributed by atoms with Crippen LogP contribution in [0.25, 0.3) is 0 Å². The SMILES string of the molecule is C.C.C.C=CC(=O)OC.CCCCN.CCCCN(CCC(=O)OC)CCC(=O)OC.CCCCN(CCC(=O)[O-])CCC(=O)[O-].CCCC[NH+](CCC(=O)O)CCC(=O)O.CO.CO.Cl.[Na+].[Na+].[Na+].[OH-]. The van der Waals surface area contributed by atoms with E-state index in [-0.39, 0.29) is 166 Å². The van der Waals surface area contributed by atoms with Gasteiger partial charge in [0.15, 0.2) is 0 Å². The Morgan fingerprint density at radius 3 is 1.03 bits per heavy atom. The standard InChI is InChI=1S/C12H23NO4.2C10H19NO4.C4H11N.C4H6O2.2CH4O.3CH4.ClH.3Na.H2O/c1-4-5-8-13(9-6-11(14)16-2)10-7-12(15)17-3;2*1-2-3-6-11(7-4-9(12)13)8-5-10(14)15;1-2-3-4-5;1-3-4(5)6-2;2*1-2;;;;;;;;/h4-10H2,1-3H3;2*2-8H2,1H3,(H,12,13)(H,14,15);2-5H2,1H3;3H,1H2,2H3;2*2H,1H3;3*1H4;1H;;;;1H2/q;;;;;;;;;;;3*+1;/p-2. The largest absolute Gasteiger partial charge is 1.00 e. The maximum absolute atomic E-state index is 11.0. The van der Waals surface area contributed by atoms with Gasteiger partial charge >= 0.3 is 119 Å². The fourth-order valence-corrected chi connectivity index (χ4v) is 4.29. The fraction of sp³-hybridized carbons (Fsp3) is 0.800. The predicted molar refractivity (Wildman–Crippen MR) is 262 cm³/mol. The van der Waals surface area contributed by atoms with Crippen molar-refractivity contribution in [1.29, 1.82) is 0 Å². The summed E-state index contributed by atoms with van der Waals surface area (Å²) in [5, 5.41) is 51.6. The molecule has 0 bridgehead atoms. The van der Waals surface area contributed by atoms with Crippen molar-refractivity contribution in [2.45, 2.75) is 140 Å². The number of hydrogen-bond donors (Lipinski definition) is 6. The maximum Gasteiger partial charge on any atom is 1.00 e. The van der Waals surface area contributed by atoms with E-state index in [0.29, 0.717) is 52.1 Å². The fourth-order valence-electron chi connectivity index (χ4n) is 4.29. The number of ether oxygens (including phenoxy) is 3. The minimum atomic E-state index is -1.11. The predicted octanol–water partition coefficient (Wildman–Crippen LogP) is -7.32. The number of carbonyl (C=O) groups excluding carboxylic acids is 5. The minimum absolute atomic E-state index is 0. The van der Waals surface area contributed by atoms with Gasteiger partial charge in [0.1, 0.15) is 0 Å². The summed E-state index contributed by atoms with van der Waals surface area (Å²) in [7, 11) is 6.07. The van der Waals surface area contributed by atoms with Gasteiger partial charge in [-0.1, -0.05) is 82.2 Å². The molecule has 0 saturated carbocycles. The molecule has 0 unspecified atom stereocenters. The Labute approximate surface area is 496 Å². The molecule has 21 nitrogen and oxygen atoms in total. The summed E-state index contributed by atoms with van der Waals surface area (Å²) < 4.78 is 13.3. The molecule has 8 N–H and O–H groups in total. The number of nitrogens with one attached hydrogen (secondary N) is 1. The molecule has 0 aliphatic heterocycles. The molecule has 0 amide bonds. The van der Waals surface area contributed by atoms with E-state index in [1.807, 2.05) is 11.8 Å². The van der Waals surface area contributed by atoms with E-state index in [2.05, 4.69) is 46.5 Å². The Balaban J connectivity index is -0.0000000415. The number of unbranched alkanes of at least 4 members (excludes halogenated alkanes) is 4. The smallest absolute Gasteiger partial charge is 0.870 e. The zero-order valence-electron chi connectivity index (χ0n) is 43.3. The molecular formula is C45H99ClN4Na3O17+. The number of hydrogen-bond acceptors (Lipinski definition) is 18. The third-order valence-corrected chi connectivity index (χ3v) is 7.83. The Hall–Kier alpha value is -0.960. The monoisotopic (exact) mass is 1070 g/mol. The van der Waals surface area contributed by atoms with E-state index in [9.17, 15) is 43.8 Å². The van der Waals surface area contributed by atoms with Gasteiger partial charge in [0, 0.05) is 58.4 Å². The molecule has 0 saturated heterocycles. The summed E-state index contributed by atoms with van der Waals surface area (Å²) in [5.74, 6) is -4.68. The van der Waals surface area contributed by atoms with Crippen molar-refractivity contribution < 1.29 is 177 Å². The van der Waals surface area contributed by atoms with Crippen molar-refractivity contribution in [2.24, 2.45) is 5.73 Å². The zero-order valence-corrected chi connectivity index (χ0v) is 50.1. The first-order valence-electron chi connectivity index (χ1n) is 21.0. The van der Waals surface area contributed by atoms with Gasteiger partial charge in [-0.05, 0) is 58.2 Å². The van der Waals surface area contributed by atoms with Crippen molar-refractivity contribution in [1.82, 2.24) is 9.80 Å². The molecule has 70 heavy (non-hydrogen) atoms. The van der Waals surface area contributed by atoms with Crippen LogP contribution in [0.2, 0.25) is 0 Å². The molecule has 0 aliphatic rings. The molecule has 25 heteroatoms. The molecule has 0 aliphatic carbocycles. The number of carboxylic acid groups (broad SMARTS) is 4. The minimum Gasteiger partial charge on any atom is -0.870 e. The number of nitrogens with zero attached hydrogens (tertiary/aromatic N) is 2. The van der Waals surface area contributed by atoms with Gasteiger partial charge in [0.2, 0.25) is 0 Å². The van der Waals surface area contributed by atoms with Crippen molar-refractivity contribution in [3.8, 4) is 0 Å². The van der Waals surface area contributed by atoms with Gasteiger partial charge in [-0.3, -0.25) is 19.2 Å². The average Bonchev–Trinajstić information content (AvgIpc) is 3.27. The number of aliphatic hydroxyl groups excluding tert-OH is 2. The number of methoxy groups -OCH3 is 3. The molecule has 0 heterocycles. The van der Waals surface area contributed by atoms with Crippen molar-refractivity contribution in [3.63, 3.8) is 0 Å². The van der Waals surface area contributed by atoms with Gasteiger partial charge in [0.05, 0.1) is 66.6 Å². The number of carbonyl (C=O) groups is 7. The summed E-state index contributed by atoms with van der Waals surface area (Å²) in [6, 6.07) is 0. The van der Waals surface area contributed by atoms with Crippen LogP contribution in [0, 0.1) is 0 Å². The van der Waals surface area contributed by atoms with Crippen molar-refractivity contribution >= 4 is 54.2 Å². The van der Waals surface area contributed by atoms with E-state index in [4.69, 9.17) is 26.2 Å². The third-order valence-electron chi connectivity index (χ3n) is 7.83. The topological polar surface area (TPSA) is 341 Å². The average molecular weight is 1070 g/mol. The Morgan fingerprint density at radius 1 is 0.543 bits per heavy atom. The first-order chi connectivity index (χ1) is 29.5. The molecular weight excluding hydrogens is 973 g/mol. The van der Waals surface area contributed by atoms with E-state index < -0.39 is 29.8 Å². The van der Waals surface area contributed by atoms with Gasteiger partial charge in [-0.2, -0.15) is 0 Å². The summed E-state index contributed by atoms with van der Waals surface area (Å²) in [6.07, 6.45) is 10.4. The van der Waals surface area contributed by atoms with E-state index in [0.717, 1.165) is 89.9 Å². The van der Waals surface area contributed by atoms with Crippen molar-refractivity contribution in [2.75, 3.05) is 101 Å². The van der Waals surface area contributed by atoms with Crippen molar-refractivity contribution in [3.05, 3.63) is 12.7 Å². The number of quaternary nitrogens is 1. The Morgan fingerprint density at radius 2 is 0.843 bits per heavy atom. The number of rotatable bonds is 30. The Bertz CT molecular complexity index is 995. The van der Waals surface area contributed by atoms with Crippen LogP contribution in [0.5, 0.6) is 0 Å². The van der Waals surface area contributed by atoms with E-state index >= 15 is 0 Å². The molecule has 410 valence electrons. The van der Waals surface area contributed by atoms with E-state index in [1.54, 1.807) is 0 Å². The van der Waals surface area contributed by atoms with Crippen LogP contribution in [0.3, 0.4) is 0 Å². The quantitative estimate of drug-likeness (QED) is 0.0168. The number of halogens is 1. The summed E-state index contributed by atoms with van der Waals surface area (Å²) in [4.78, 5) is 78.2. The summed E-state index contributed by atoms with van der Waals surface area (Å²) in [6.45, 7) is 17.8. The first-order valence-corrected chi connectivity index (χ1v) is 21.0. The molecule has 0 aromatic rings. The van der Waals surface area contributed by atoms with Gasteiger partial charge in [0.25, 0.3) is 0 Å². The van der Waals surface area contributed by atoms with Gasteiger partial charge in [-0.15, -0.1) is 12.4 Å². The van der Waals surface area contributed by atoms with Crippen LogP contribution in [0.1, 0.15) is 140 Å². The second-order valence-electron chi connectivity index (χ2n) is 12.8. The number of carboxylic acids is 4. The van der Waals surface area contributed by atoms with Crippen LogP contribution in [0.15, 0.2) is 12.7 Å². The summed E-state index contributed by atoms with van der Waals surface area (Å²) >= 11 is 0. The van der Waals surface area contributed by atoms with Gasteiger partial charge in [-0.25, -0.2) is 4.79 Å². The molecule has 0 fully saturated rings. The molecule has 0 atom stereocenters. The van der Waals surface area contributed by atoms with Crippen LogP contribution in [-0.4, -0.2) is 178 Å². The molecule has 0 aromatic carbocycles. The molecule has 0 spiro atoms. The second kappa shape index (κ2) is 94.0. The van der Waals surface area contributed by atoms with Crippen LogP contribution < -0.4 is 110 Å². The number of esters is 3. The number of aliphatic carboxylic acids is 4. The first kappa shape index (κ1) is 109. The summed E-state index contributed by atoms with van der Waals surface area (Å²) in [5.41, 5.74) is 5.14. The molecule has 0 radical (unpaired) electrons. The Kier molecular flexibility index (Phi) is 147. The van der Waals surface area contributed by atoms with Crippen LogP contribution in [0.4, 0.5) is 0 Å². The van der Waals surface area contributed by atoms with Crippen LogP contribution in [-0.2, 0) is 47.8 Å². The molecule has 0 aromatic heterocycles. The number of aliphatic hydroxyl groups is 2. The van der Waals surface area contributed by atoms with E-state index in [1.165, 1.54) is 34.2 Å². The van der Waals surface area contributed by atoms with Crippen LogP contribution >= 0.6 is 12.4 Å². The van der Waals surface area contributed by atoms with Gasteiger partial charge < -0.3 is 80.3 Å². The third kappa shape index (κ3) is 112. The molecule has 0 rings (SSSR count). The number of nitrogens with two attached hydrogens (primary N) is 1. The normalized spacial score (nSPS) is 8.39. The zero-order chi connectivity index (χ0) is 49.6. The second-order valence-corrected chi connectivity index (χ2v) is 12.8. The maximum atomic E-state index is 11.0.